The number of Topliss-reactive ketones (excluding diaryl/α,β-unsaturated/α-hetero) is 1. The van der Waals surface area contributed by atoms with Crippen LogP contribution in [0.15, 0.2) is 6.20 Å². The first-order valence-electron chi connectivity index (χ1n) is 5.48. The lowest BCUT2D eigenvalue weighted by molar-refractivity contribution is 0.0957. The predicted molar refractivity (Wildman–Crippen MR) is 59.7 cm³/mol. The summed E-state index contributed by atoms with van der Waals surface area (Å²) in [7, 11) is 1.52. The third-order valence-corrected chi connectivity index (χ3v) is 2.29. The van der Waals surface area contributed by atoms with E-state index >= 15 is 0 Å². The molecule has 1 heterocycles. The van der Waals surface area contributed by atoms with Crippen molar-refractivity contribution in [1.82, 2.24) is 9.78 Å². The van der Waals surface area contributed by atoms with E-state index in [1.165, 1.54) is 7.11 Å². The van der Waals surface area contributed by atoms with Gasteiger partial charge in [0.25, 0.3) is 0 Å². The zero-order chi connectivity index (χ0) is 12.0. The molecule has 0 aliphatic carbocycles. The lowest BCUT2D eigenvalue weighted by atomic mass is 10.1. The Kier molecular flexibility index (Phi) is 4.98. The number of rotatable bonds is 7. The monoisotopic (exact) mass is 226 g/mol. The molecule has 0 spiro atoms. The average molecular weight is 226 g/mol. The van der Waals surface area contributed by atoms with Crippen LogP contribution in [-0.2, 0) is 6.54 Å². The fourth-order valence-corrected chi connectivity index (χ4v) is 1.54. The Morgan fingerprint density at radius 1 is 1.62 bits per heavy atom. The fourth-order valence-electron chi connectivity index (χ4n) is 1.54. The summed E-state index contributed by atoms with van der Waals surface area (Å²) in [5.74, 6) is 0.480. The first kappa shape index (κ1) is 12.7. The summed E-state index contributed by atoms with van der Waals surface area (Å²) in [5, 5.41) is 12.8. The number of aliphatic hydroxyl groups is 1. The molecule has 1 aromatic rings. The summed E-state index contributed by atoms with van der Waals surface area (Å²) < 4.78 is 6.77. The lowest BCUT2D eigenvalue weighted by Gasteiger charge is -2.06. The number of carbonyl (C=O) groups is 1. The molecule has 0 aliphatic heterocycles. The van der Waals surface area contributed by atoms with Crippen LogP contribution in [0.25, 0.3) is 0 Å². The Balaban J connectivity index is 2.88. The van der Waals surface area contributed by atoms with Gasteiger partial charge in [-0.1, -0.05) is 6.92 Å². The van der Waals surface area contributed by atoms with Crippen LogP contribution in [0, 0.1) is 0 Å². The van der Waals surface area contributed by atoms with Crippen LogP contribution in [0.1, 0.15) is 36.7 Å². The zero-order valence-corrected chi connectivity index (χ0v) is 9.77. The molecule has 0 radical (unpaired) electrons. The topological polar surface area (TPSA) is 64.4 Å². The molecule has 16 heavy (non-hydrogen) atoms. The molecule has 0 atom stereocenters. The number of aryl methyl sites for hydroxylation is 1. The van der Waals surface area contributed by atoms with E-state index in [4.69, 9.17) is 9.84 Å². The molecule has 0 fully saturated rings. The number of hydrogen-bond donors (Lipinski definition) is 1. The average Bonchev–Trinajstić information content (AvgIpc) is 2.69. The molecule has 0 bridgehead atoms. The Hall–Kier alpha value is -1.36. The number of ether oxygens (including phenoxy) is 1. The minimum atomic E-state index is -0.0307. The van der Waals surface area contributed by atoms with E-state index in [1.54, 1.807) is 10.9 Å². The van der Waals surface area contributed by atoms with E-state index in [2.05, 4.69) is 5.10 Å². The van der Waals surface area contributed by atoms with E-state index in [-0.39, 0.29) is 12.4 Å². The second-order valence-corrected chi connectivity index (χ2v) is 3.54. The number of carbonyl (C=O) groups excluding carboxylic acids is 1. The Bertz CT molecular complexity index is 347. The first-order chi connectivity index (χ1) is 7.74. The zero-order valence-electron chi connectivity index (χ0n) is 9.77. The van der Waals surface area contributed by atoms with Crippen LogP contribution < -0.4 is 4.74 Å². The molecule has 5 heteroatoms. The molecule has 0 unspecified atom stereocenters. The number of nitrogens with zero attached hydrogens (tertiary/aromatic N) is 2. The third kappa shape index (κ3) is 2.82. The van der Waals surface area contributed by atoms with Crippen molar-refractivity contribution in [3.05, 3.63) is 11.9 Å². The highest BCUT2D eigenvalue weighted by atomic mass is 16.5. The Labute approximate surface area is 95.0 Å². The second-order valence-electron chi connectivity index (χ2n) is 3.54. The van der Waals surface area contributed by atoms with Crippen molar-refractivity contribution in [1.29, 1.82) is 0 Å². The van der Waals surface area contributed by atoms with Crippen LogP contribution >= 0.6 is 0 Å². The van der Waals surface area contributed by atoms with Gasteiger partial charge in [0.2, 0.25) is 0 Å². The molecular weight excluding hydrogens is 208 g/mol. The van der Waals surface area contributed by atoms with Crippen LogP contribution in [0.5, 0.6) is 5.75 Å². The summed E-state index contributed by atoms with van der Waals surface area (Å²) >= 11 is 0. The molecule has 0 aromatic carbocycles. The van der Waals surface area contributed by atoms with Gasteiger partial charge in [0, 0.05) is 19.6 Å². The van der Waals surface area contributed by atoms with Crippen molar-refractivity contribution in [3.63, 3.8) is 0 Å². The van der Waals surface area contributed by atoms with Gasteiger partial charge in [-0.3, -0.25) is 9.48 Å². The van der Waals surface area contributed by atoms with Gasteiger partial charge in [0.1, 0.15) is 5.69 Å². The van der Waals surface area contributed by atoms with Crippen molar-refractivity contribution >= 4 is 5.78 Å². The van der Waals surface area contributed by atoms with E-state index in [1.807, 2.05) is 6.92 Å². The number of aromatic nitrogens is 2. The maximum Gasteiger partial charge on any atom is 0.184 e. The standard InChI is InChI=1S/C11H18N2O3/c1-3-6-13-11(9(15)5-4-7-14)10(16-2)8-12-13/h8,14H,3-7H2,1-2H3. The minimum absolute atomic E-state index is 0.0238. The summed E-state index contributed by atoms with van der Waals surface area (Å²) in [5.41, 5.74) is 0.512. The molecule has 0 amide bonds. The van der Waals surface area contributed by atoms with E-state index in [0.717, 1.165) is 6.42 Å². The summed E-state index contributed by atoms with van der Waals surface area (Å²) in [4.78, 5) is 11.9. The van der Waals surface area contributed by atoms with Crippen LogP contribution in [0.4, 0.5) is 0 Å². The molecule has 5 nitrogen and oxygen atoms in total. The van der Waals surface area contributed by atoms with Gasteiger partial charge in [-0.05, 0) is 12.8 Å². The van der Waals surface area contributed by atoms with Gasteiger partial charge in [-0.2, -0.15) is 5.10 Å². The minimum Gasteiger partial charge on any atom is -0.493 e. The van der Waals surface area contributed by atoms with Crippen molar-refractivity contribution in [2.24, 2.45) is 0 Å². The van der Waals surface area contributed by atoms with Crippen LogP contribution in [0.3, 0.4) is 0 Å². The number of methoxy groups -OCH3 is 1. The van der Waals surface area contributed by atoms with Crippen molar-refractivity contribution in [3.8, 4) is 5.75 Å². The van der Waals surface area contributed by atoms with Gasteiger partial charge in [0.05, 0.1) is 13.3 Å². The van der Waals surface area contributed by atoms with E-state index in [0.29, 0.717) is 30.8 Å². The molecule has 0 aliphatic rings. The van der Waals surface area contributed by atoms with Crippen molar-refractivity contribution in [2.75, 3.05) is 13.7 Å². The third-order valence-electron chi connectivity index (χ3n) is 2.29. The van der Waals surface area contributed by atoms with Gasteiger partial charge in [-0.15, -0.1) is 0 Å². The largest absolute Gasteiger partial charge is 0.493 e. The van der Waals surface area contributed by atoms with Crippen LogP contribution in [0.2, 0.25) is 0 Å². The van der Waals surface area contributed by atoms with E-state index < -0.39 is 0 Å². The van der Waals surface area contributed by atoms with Gasteiger partial charge in [-0.25, -0.2) is 0 Å². The van der Waals surface area contributed by atoms with Crippen LogP contribution in [-0.4, -0.2) is 34.4 Å². The molecule has 0 saturated carbocycles. The highest BCUT2D eigenvalue weighted by Gasteiger charge is 2.18. The first-order valence-corrected chi connectivity index (χ1v) is 5.48. The Morgan fingerprint density at radius 2 is 2.38 bits per heavy atom. The molecule has 1 rings (SSSR count). The lowest BCUT2D eigenvalue weighted by Crippen LogP contribution is -2.12. The maximum absolute atomic E-state index is 11.9. The number of aliphatic hydroxyl groups excluding tert-OH is 1. The molecule has 0 saturated heterocycles. The summed E-state index contributed by atoms with van der Waals surface area (Å²) in [6, 6.07) is 0. The van der Waals surface area contributed by atoms with Crippen molar-refractivity contribution in [2.45, 2.75) is 32.7 Å². The number of ketones is 1. The van der Waals surface area contributed by atoms with Gasteiger partial charge < -0.3 is 9.84 Å². The van der Waals surface area contributed by atoms with Crippen molar-refractivity contribution < 1.29 is 14.6 Å². The smallest absolute Gasteiger partial charge is 0.184 e. The highest BCUT2D eigenvalue weighted by molar-refractivity contribution is 5.96. The predicted octanol–water partition coefficient (Wildman–Crippen LogP) is 1.26. The molecule has 90 valence electrons. The van der Waals surface area contributed by atoms with Gasteiger partial charge >= 0.3 is 0 Å². The highest BCUT2D eigenvalue weighted by Crippen LogP contribution is 2.20. The second kappa shape index (κ2) is 6.27. The summed E-state index contributed by atoms with van der Waals surface area (Å²) in [6.07, 6.45) is 3.26. The fraction of sp³-hybridized carbons (Fsp3) is 0.636. The number of hydrogen-bond acceptors (Lipinski definition) is 4. The quantitative estimate of drug-likeness (QED) is 0.711. The summed E-state index contributed by atoms with van der Waals surface area (Å²) in [6.45, 7) is 2.75. The molecule has 1 N–H and O–H groups in total. The van der Waals surface area contributed by atoms with Gasteiger partial charge in [0.15, 0.2) is 11.5 Å². The van der Waals surface area contributed by atoms with E-state index in [9.17, 15) is 4.79 Å². The molecule has 1 aromatic heterocycles. The molecular formula is C11H18N2O3. The SMILES string of the molecule is CCCn1ncc(OC)c1C(=O)CCCO. The Morgan fingerprint density at radius 3 is 2.94 bits per heavy atom. The normalized spacial score (nSPS) is 10.4. The maximum atomic E-state index is 11.9.